The second kappa shape index (κ2) is 6.86. The molecular weight excluding hydrogens is 391 g/mol. The highest BCUT2D eigenvalue weighted by Gasteiger charge is 2.17. The molecule has 0 fully saturated rings. The van der Waals surface area contributed by atoms with Crippen molar-refractivity contribution in [2.45, 2.75) is 6.92 Å². The van der Waals surface area contributed by atoms with Crippen molar-refractivity contribution in [3.05, 3.63) is 76.7 Å². The summed E-state index contributed by atoms with van der Waals surface area (Å²) < 4.78 is 25.9. The van der Waals surface area contributed by atoms with Crippen LogP contribution in [0.4, 0.5) is 4.39 Å². The normalized spacial score (nSPS) is 12.9. The number of halogens is 1. The van der Waals surface area contributed by atoms with E-state index in [4.69, 9.17) is 14.5 Å². The number of thiazole rings is 1. The Morgan fingerprint density at radius 1 is 1.17 bits per heavy atom. The fourth-order valence-corrected chi connectivity index (χ4v) is 4.09. The van der Waals surface area contributed by atoms with Gasteiger partial charge in [0.2, 0.25) is 6.79 Å². The molecule has 29 heavy (non-hydrogen) atoms. The van der Waals surface area contributed by atoms with Gasteiger partial charge in [0.25, 0.3) is 0 Å². The molecule has 3 heterocycles. The van der Waals surface area contributed by atoms with Gasteiger partial charge in [-0.05, 0) is 61.5 Å². The van der Waals surface area contributed by atoms with E-state index in [9.17, 15) is 9.18 Å². The van der Waals surface area contributed by atoms with Crippen molar-refractivity contribution in [1.29, 1.82) is 0 Å². The molecule has 0 atom stereocenters. The maximum atomic E-state index is 13.3. The van der Waals surface area contributed by atoms with Crippen molar-refractivity contribution >= 4 is 28.2 Å². The van der Waals surface area contributed by atoms with Gasteiger partial charge in [0, 0.05) is 22.2 Å². The average molecular weight is 406 g/mol. The van der Waals surface area contributed by atoms with Crippen LogP contribution in [0.2, 0.25) is 0 Å². The highest BCUT2D eigenvalue weighted by molar-refractivity contribution is 7.17. The Labute approximate surface area is 169 Å². The minimum Gasteiger partial charge on any atom is -0.454 e. The molecule has 5 rings (SSSR count). The van der Waals surface area contributed by atoms with Crippen molar-refractivity contribution in [3.8, 4) is 22.8 Å². The van der Waals surface area contributed by atoms with Crippen LogP contribution in [0.5, 0.6) is 11.5 Å². The van der Waals surface area contributed by atoms with Crippen LogP contribution in [0.15, 0.2) is 54.7 Å². The van der Waals surface area contributed by atoms with Gasteiger partial charge in [-0.25, -0.2) is 9.37 Å². The van der Waals surface area contributed by atoms with Crippen LogP contribution >= 0.6 is 11.3 Å². The van der Waals surface area contributed by atoms with Gasteiger partial charge in [0.05, 0.1) is 11.4 Å². The number of allylic oxidation sites excluding steroid dienone is 1. The van der Waals surface area contributed by atoms with Crippen LogP contribution in [0.3, 0.4) is 0 Å². The van der Waals surface area contributed by atoms with Crippen LogP contribution in [0, 0.1) is 12.7 Å². The standard InChI is InChI=1S/C22H15FN2O3S/c1-13-11-25-17(21(24-22(25)29-13)14-2-5-16(23)6-3-14)7-8-18(26)15-4-9-19-20(10-15)28-12-27-19/h2-11H,12H2,1H3. The Balaban J connectivity index is 1.54. The molecule has 5 nitrogen and oxygen atoms in total. The van der Waals surface area contributed by atoms with E-state index in [0.29, 0.717) is 22.8 Å². The van der Waals surface area contributed by atoms with Gasteiger partial charge in [0.1, 0.15) is 5.82 Å². The van der Waals surface area contributed by atoms with Gasteiger partial charge in [-0.2, -0.15) is 0 Å². The van der Waals surface area contributed by atoms with E-state index in [0.717, 1.165) is 21.1 Å². The first-order valence-electron chi connectivity index (χ1n) is 8.95. The van der Waals surface area contributed by atoms with Crippen LogP contribution in [-0.4, -0.2) is 22.0 Å². The number of imidazole rings is 1. The summed E-state index contributed by atoms with van der Waals surface area (Å²) in [6.07, 6.45) is 5.24. The van der Waals surface area contributed by atoms with Crippen molar-refractivity contribution in [2.24, 2.45) is 0 Å². The molecule has 0 N–H and O–H groups in total. The molecular formula is C22H15FN2O3S. The summed E-state index contributed by atoms with van der Waals surface area (Å²) in [6.45, 7) is 2.16. The first kappa shape index (κ1) is 17.6. The number of fused-ring (bicyclic) bond motifs is 2. The predicted octanol–water partition coefficient (Wildman–Crippen LogP) is 5.14. The summed E-state index contributed by atoms with van der Waals surface area (Å²) in [5.41, 5.74) is 2.77. The summed E-state index contributed by atoms with van der Waals surface area (Å²) in [4.78, 5) is 19.3. The van der Waals surface area contributed by atoms with E-state index < -0.39 is 0 Å². The number of carbonyl (C=O) groups excluding carboxylic acids is 1. The lowest BCUT2D eigenvalue weighted by Crippen LogP contribution is -1.95. The van der Waals surface area contributed by atoms with E-state index in [2.05, 4.69) is 0 Å². The van der Waals surface area contributed by atoms with Crippen molar-refractivity contribution < 1.29 is 18.7 Å². The van der Waals surface area contributed by atoms with Gasteiger partial charge in [-0.15, -0.1) is 11.3 Å². The summed E-state index contributed by atoms with van der Waals surface area (Å²) >= 11 is 1.56. The Kier molecular flexibility index (Phi) is 4.17. The molecule has 1 aliphatic rings. The molecule has 0 saturated heterocycles. The highest BCUT2D eigenvalue weighted by atomic mass is 32.1. The zero-order valence-electron chi connectivity index (χ0n) is 15.4. The topological polar surface area (TPSA) is 52.8 Å². The molecule has 0 aliphatic carbocycles. The first-order chi connectivity index (χ1) is 14.1. The van der Waals surface area contributed by atoms with Crippen molar-refractivity contribution in [1.82, 2.24) is 9.38 Å². The van der Waals surface area contributed by atoms with Crippen molar-refractivity contribution in [2.75, 3.05) is 6.79 Å². The number of aryl methyl sites for hydroxylation is 1. The first-order valence-corrected chi connectivity index (χ1v) is 9.76. The maximum Gasteiger partial charge on any atom is 0.231 e. The Morgan fingerprint density at radius 2 is 1.97 bits per heavy atom. The summed E-state index contributed by atoms with van der Waals surface area (Å²) in [6, 6.07) is 11.3. The van der Waals surface area contributed by atoms with Crippen LogP contribution in [0.1, 0.15) is 20.9 Å². The van der Waals surface area contributed by atoms with Gasteiger partial charge in [-0.1, -0.05) is 0 Å². The molecule has 1 aliphatic heterocycles. The number of ketones is 1. The molecule has 4 aromatic rings. The maximum absolute atomic E-state index is 13.3. The third-order valence-electron chi connectivity index (χ3n) is 4.65. The highest BCUT2D eigenvalue weighted by Crippen LogP contribution is 2.33. The SMILES string of the molecule is Cc1cn2c(C=CC(=O)c3ccc4c(c3)OCO4)c(-c3ccc(F)cc3)nc2s1. The summed E-state index contributed by atoms with van der Waals surface area (Å²) in [5.74, 6) is 0.739. The van der Waals surface area contributed by atoms with E-state index in [1.807, 2.05) is 17.5 Å². The lowest BCUT2D eigenvalue weighted by Gasteiger charge is -2.01. The molecule has 0 unspecified atom stereocenters. The fraction of sp³-hybridized carbons (Fsp3) is 0.0909. The number of benzene rings is 2. The number of hydrogen-bond acceptors (Lipinski definition) is 5. The summed E-state index contributed by atoms with van der Waals surface area (Å²) in [5, 5.41) is 0. The Hall–Kier alpha value is -3.45. The monoisotopic (exact) mass is 406 g/mol. The number of ether oxygens (including phenoxy) is 2. The molecule has 2 aromatic carbocycles. The fourth-order valence-electron chi connectivity index (χ4n) is 3.25. The minimum absolute atomic E-state index is 0.157. The van der Waals surface area contributed by atoms with Gasteiger partial charge in [-0.3, -0.25) is 9.20 Å². The van der Waals surface area contributed by atoms with Gasteiger partial charge >= 0.3 is 0 Å². The Morgan fingerprint density at radius 3 is 2.79 bits per heavy atom. The lowest BCUT2D eigenvalue weighted by molar-refractivity contribution is 0.104. The Bertz CT molecular complexity index is 1270. The van der Waals surface area contributed by atoms with E-state index in [1.54, 1.807) is 47.7 Å². The minimum atomic E-state index is -0.305. The molecule has 0 radical (unpaired) electrons. The average Bonchev–Trinajstić information content (AvgIpc) is 3.40. The molecule has 2 aromatic heterocycles. The smallest absolute Gasteiger partial charge is 0.231 e. The second-order valence-corrected chi connectivity index (χ2v) is 7.83. The zero-order valence-corrected chi connectivity index (χ0v) is 16.2. The number of nitrogens with zero attached hydrogens (tertiary/aromatic N) is 2. The van der Waals surface area contributed by atoms with Crippen LogP contribution in [-0.2, 0) is 0 Å². The third-order valence-corrected chi connectivity index (χ3v) is 5.54. The van der Waals surface area contributed by atoms with Crippen molar-refractivity contribution in [3.63, 3.8) is 0 Å². The number of hydrogen-bond donors (Lipinski definition) is 0. The predicted molar refractivity (Wildman–Crippen MR) is 109 cm³/mol. The second-order valence-electron chi connectivity index (χ2n) is 6.61. The number of aromatic nitrogens is 2. The number of carbonyl (C=O) groups is 1. The molecule has 7 heteroatoms. The molecule has 144 valence electrons. The zero-order chi connectivity index (χ0) is 20.0. The third kappa shape index (κ3) is 3.19. The quantitative estimate of drug-likeness (QED) is 0.348. The molecule has 0 amide bonds. The molecule has 0 bridgehead atoms. The van der Waals surface area contributed by atoms with E-state index in [1.165, 1.54) is 18.2 Å². The van der Waals surface area contributed by atoms with Crippen LogP contribution in [0.25, 0.3) is 22.3 Å². The van der Waals surface area contributed by atoms with Gasteiger partial charge in [0.15, 0.2) is 22.2 Å². The van der Waals surface area contributed by atoms with Gasteiger partial charge < -0.3 is 9.47 Å². The van der Waals surface area contributed by atoms with E-state index in [-0.39, 0.29) is 18.4 Å². The van der Waals surface area contributed by atoms with Crippen LogP contribution < -0.4 is 9.47 Å². The lowest BCUT2D eigenvalue weighted by atomic mass is 10.1. The molecule has 0 saturated carbocycles. The molecule has 0 spiro atoms. The number of rotatable bonds is 4. The largest absolute Gasteiger partial charge is 0.454 e. The van der Waals surface area contributed by atoms with E-state index >= 15 is 0 Å². The summed E-state index contributed by atoms with van der Waals surface area (Å²) in [7, 11) is 0.